The molecule has 0 aliphatic carbocycles. The zero-order valence-electron chi connectivity index (χ0n) is 7.92. The van der Waals surface area contributed by atoms with Crippen molar-refractivity contribution < 1.29 is 9.90 Å². The minimum Gasteiger partial charge on any atom is -0.391 e. The number of β-amino-alcohol motifs (C(OH)–C–C–N with tert-alkyl or cyclic N) is 1. The molecule has 1 aromatic rings. The molecule has 1 fully saturated rings. The number of likely N-dealkylation sites (tertiary alicyclic amines) is 1. The van der Waals surface area contributed by atoms with Crippen molar-refractivity contribution in [3.63, 3.8) is 0 Å². The second kappa shape index (κ2) is 3.38. The number of nitrogens with zero attached hydrogens (tertiary/aromatic N) is 4. The molecule has 1 saturated heterocycles. The molecule has 1 aromatic heterocycles. The van der Waals surface area contributed by atoms with Gasteiger partial charge in [0.25, 0.3) is 5.91 Å². The summed E-state index contributed by atoms with van der Waals surface area (Å²) < 4.78 is 1.49. The van der Waals surface area contributed by atoms with Gasteiger partial charge in [-0.3, -0.25) is 9.48 Å². The maximum Gasteiger partial charge on any atom is 0.276 e. The summed E-state index contributed by atoms with van der Waals surface area (Å²) in [5.74, 6) is -0.158. The van der Waals surface area contributed by atoms with Crippen LogP contribution in [0.4, 0.5) is 0 Å². The molecule has 14 heavy (non-hydrogen) atoms. The molecule has 0 bridgehead atoms. The maximum absolute atomic E-state index is 11.7. The smallest absolute Gasteiger partial charge is 0.276 e. The van der Waals surface area contributed by atoms with Crippen molar-refractivity contribution in [1.82, 2.24) is 19.9 Å². The fourth-order valence-electron chi connectivity index (χ4n) is 1.53. The molecule has 1 aliphatic rings. The number of aliphatic hydroxyl groups is 1. The number of rotatable bonds is 1. The number of carbonyl (C=O) groups is 1. The minimum atomic E-state index is -0.393. The summed E-state index contributed by atoms with van der Waals surface area (Å²) in [5, 5.41) is 16.7. The van der Waals surface area contributed by atoms with Gasteiger partial charge in [-0.2, -0.15) is 0 Å². The molecule has 1 N–H and O–H groups in total. The molecule has 0 saturated carbocycles. The first-order chi connectivity index (χ1) is 6.66. The lowest BCUT2D eigenvalue weighted by Crippen LogP contribution is -2.29. The van der Waals surface area contributed by atoms with E-state index in [9.17, 15) is 9.90 Å². The van der Waals surface area contributed by atoms with Crippen LogP contribution >= 0.6 is 0 Å². The van der Waals surface area contributed by atoms with Crippen molar-refractivity contribution in [3.05, 3.63) is 11.9 Å². The number of hydrogen-bond donors (Lipinski definition) is 1. The summed E-state index contributed by atoms with van der Waals surface area (Å²) in [6, 6.07) is 0. The fourth-order valence-corrected chi connectivity index (χ4v) is 1.53. The van der Waals surface area contributed by atoms with Gasteiger partial charge in [0.1, 0.15) is 0 Å². The van der Waals surface area contributed by atoms with Gasteiger partial charge < -0.3 is 10.0 Å². The van der Waals surface area contributed by atoms with E-state index in [-0.39, 0.29) is 5.91 Å². The van der Waals surface area contributed by atoms with Crippen molar-refractivity contribution in [2.45, 2.75) is 12.5 Å². The Morgan fingerprint density at radius 2 is 2.50 bits per heavy atom. The van der Waals surface area contributed by atoms with Crippen LogP contribution in [0.5, 0.6) is 0 Å². The van der Waals surface area contributed by atoms with Crippen molar-refractivity contribution in [2.75, 3.05) is 13.1 Å². The topological polar surface area (TPSA) is 71.2 Å². The average Bonchev–Trinajstić information content (AvgIpc) is 2.73. The molecule has 0 spiro atoms. The van der Waals surface area contributed by atoms with E-state index in [0.717, 1.165) is 0 Å². The second-order valence-corrected chi connectivity index (χ2v) is 3.47. The van der Waals surface area contributed by atoms with Crippen LogP contribution in [0, 0.1) is 0 Å². The molecular weight excluding hydrogens is 184 g/mol. The van der Waals surface area contributed by atoms with E-state index in [0.29, 0.717) is 25.2 Å². The lowest BCUT2D eigenvalue weighted by atomic mass is 10.3. The molecule has 0 unspecified atom stereocenters. The third kappa shape index (κ3) is 1.60. The molecule has 6 heteroatoms. The Kier molecular flexibility index (Phi) is 2.20. The van der Waals surface area contributed by atoms with E-state index in [4.69, 9.17) is 0 Å². The highest BCUT2D eigenvalue weighted by molar-refractivity contribution is 5.92. The van der Waals surface area contributed by atoms with Crippen LogP contribution in [0.3, 0.4) is 0 Å². The normalized spacial score (nSPS) is 21.6. The number of aliphatic hydroxyl groups excluding tert-OH is 1. The highest BCUT2D eigenvalue weighted by Crippen LogP contribution is 2.11. The SMILES string of the molecule is Cn1cc(C(=O)N2CC[C@H](O)C2)nn1. The third-order valence-electron chi connectivity index (χ3n) is 2.27. The van der Waals surface area contributed by atoms with Gasteiger partial charge in [0.15, 0.2) is 5.69 Å². The van der Waals surface area contributed by atoms with E-state index in [1.54, 1.807) is 18.1 Å². The van der Waals surface area contributed by atoms with E-state index < -0.39 is 6.10 Å². The summed E-state index contributed by atoms with van der Waals surface area (Å²) in [7, 11) is 1.71. The highest BCUT2D eigenvalue weighted by Gasteiger charge is 2.26. The van der Waals surface area contributed by atoms with E-state index >= 15 is 0 Å². The van der Waals surface area contributed by atoms with Crippen molar-refractivity contribution in [2.24, 2.45) is 7.05 Å². The van der Waals surface area contributed by atoms with Crippen molar-refractivity contribution in [3.8, 4) is 0 Å². The molecule has 1 atom stereocenters. The van der Waals surface area contributed by atoms with Crippen LogP contribution in [0.15, 0.2) is 6.20 Å². The maximum atomic E-state index is 11.7. The standard InChI is InChI=1S/C8H12N4O2/c1-11-5-7(9-10-11)8(14)12-3-2-6(13)4-12/h5-6,13H,2-4H2,1H3/t6-/m0/s1. The van der Waals surface area contributed by atoms with E-state index in [1.807, 2.05) is 0 Å². The molecule has 1 amide bonds. The number of hydrogen-bond acceptors (Lipinski definition) is 4. The monoisotopic (exact) mass is 196 g/mol. The van der Waals surface area contributed by atoms with Gasteiger partial charge in [0, 0.05) is 20.1 Å². The Morgan fingerprint density at radius 3 is 3.00 bits per heavy atom. The lowest BCUT2D eigenvalue weighted by molar-refractivity contribution is 0.0759. The first-order valence-corrected chi connectivity index (χ1v) is 4.50. The minimum absolute atomic E-state index is 0.158. The fraction of sp³-hybridized carbons (Fsp3) is 0.625. The Bertz CT molecular complexity index is 349. The van der Waals surface area contributed by atoms with E-state index in [2.05, 4.69) is 10.3 Å². The molecule has 0 radical (unpaired) electrons. The average molecular weight is 196 g/mol. The number of aryl methyl sites for hydroxylation is 1. The van der Waals surface area contributed by atoms with Gasteiger partial charge in [0.2, 0.25) is 0 Å². The quantitative estimate of drug-likeness (QED) is 0.626. The van der Waals surface area contributed by atoms with Gasteiger partial charge >= 0.3 is 0 Å². The highest BCUT2D eigenvalue weighted by atomic mass is 16.3. The van der Waals surface area contributed by atoms with Gasteiger partial charge in [-0.15, -0.1) is 5.10 Å². The predicted octanol–water partition coefficient (Wildman–Crippen LogP) is -0.978. The summed E-state index contributed by atoms with van der Waals surface area (Å²) in [5.41, 5.74) is 0.335. The third-order valence-corrected chi connectivity index (χ3v) is 2.27. The predicted molar refractivity (Wildman–Crippen MR) is 47.5 cm³/mol. The van der Waals surface area contributed by atoms with Crippen LogP contribution in [0.25, 0.3) is 0 Å². The van der Waals surface area contributed by atoms with Crippen LogP contribution in [0.1, 0.15) is 16.9 Å². The molecular formula is C8H12N4O2. The molecule has 76 valence electrons. The first-order valence-electron chi connectivity index (χ1n) is 4.50. The van der Waals surface area contributed by atoms with Crippen LogP contribution in [0.2, 0.25) is 0 Å². The van der Waals surface area contributed by atoms with Gasteiger partial charge in [-0.25, -0.2) is 0 Å². The lowest BCUT2D eigenvalue weighted by Gasteiger charge is -2.12. The van der Waals surface area contributed by atoms with E-state index in [1.165, 1.54) is 4.68 Å². The summed E-state index contributed by atoms with van der Waals surface area (Å²) in [6.07, 6.45) is 1.83. The van der Waals surface area contributed by atoms with Crippen LogP contribution in [-0.2, 0) is 7.05 Å². The molecule has 6 nitrogen and oxygen atoms in total. The molecule has 2 heterocycles. The zero-order valence-corrected chi connectivity index (χ0v) is 7.92. The summed E-state index contributed by atoms with van der Waals surface area (Å²) in [4.78, 5) is 13.3. The Morgan fingerprint density at radius 1 is 1.71 bits per heavy atom. The van der Waals surface area contributed by atoms with Crippen molar-refractivity contribution >= 4 is 5.91 Å². The molecule has 2 rings (SSSR count). The van der Waals surface area contributed by atoms with Gasteiger partial charge in [-0.1, -0.05) is 5.21 Å². The largest absolute Gasteiger partial charge is 0.391 e. The van der Waals surface area contributed by atoms with Gasteiger partial charge in [-0.05, 0) is 6.42 Å². The Balaban J connectivity index is 2.09. The first kappa shape index (κ1) is 9.14. The Labute approximate surface area is 81.1 Å². The molecule has 1 aliphatic heterocycles. The summed E-state index contributed by atoms with van der Waals surface area (Å²) >= 11 is 0. The van der Waals surface area contributed by atoms with Crippen molar-refractivity contribution in [1.29, 1.82) is 0 Å². The Hall–Kier alpha value is -1.43. The number of amides is 1. The van der Waals surface area contributed by atoms with Crippen LogP contribution < -0.4 is 0 Å². The number of aromatic nitrogens is 3. The molecule has 0 aromatic carbocycles. The zero-order chi connectivity index (χ0) is 10.1. The second-order valence-electron chi connectivity index (χ2n) is 3.47. The van der Waals surface area contributed by atoms with Gasteiger partial charge in [0.05, 0.1) is 12.3 Å². The van der Waals surface area contributed by atoms with Crippen LogP contribution in [-0.4, -0.2) is 50.1 Å². The summed E-state index contributed by atoms with van der Waals surface area (Å²) in [6.45, 7) is 0.992. The number of carbonyl (C=O) groups excluding carboxylic acids is 1.